The molecule has 3 heterocycles. The van der Waals surface area contributed by atoms with Gasteiger partial charge in [0.1, 0.15) is 5.60 Å². The van der Waals surface area contributed by atoms with Crippen LogP contribution in [0.3, 0.4) is 0 Å². The molecule has 0 unspecified atom stereocenters. The van der Waals surface area contributed by atoms with Crippen molar-refractivity contribution >= 4 is 21.4 Å². The molecule has 2 atom stereocenters. The first-order valence-electron chi connectivity index (χ1n) is 11.0. The molecule has 5 nitrogen and oxygen atoms in total. The lowest BCUT2D eigenvalue weighted by Gasteiger charge is -2.49. The molecule has 0 aromatic carbocycles. The number of hydrogen-bond acceptors (Lipinski definition) is 5. The molecule has 1 saturated carbocycles. The molecular weight excluding hydrogens is 430 g/mol. The monoisotopic (exact) mass is 462 g/mol. The van der Waals surface area contributed by atoms with E-state index < -0.39 is 16.4 Å². The quantitative estimate of drug-likeness (QED) is 0.674. The first-order chi connectivity index (χ1) is 14.2. The molecule has 170 valence electrons. The van der Waals surface area contributed by atoms with Crippen LogP contribution in [-0.2, 0) is 33.2 Å². The molecule has 1 N–H and O–H groups in total. The van der Waals surface area contributed by atoms with E-state index in [1.807, 2.05) is 6.07 Å². The largest absolute Gasteiger partial charge is 0.369 e. The third-order valence-corrected chi connectivity index (χ3v) is 9.72. The predicted molar refractivity (Wildman–Crippen MR) is 115 cm³/mol. The van der Waals surface area contributed by atoms with E-state index in [1.165, 1.54) is 21.8 Å². The smallest absolute Gasteiger partial charge is 0.243 e. The van der Waals surface area contributed by atoms with Crippen LogP contribution in [-0.4, -0.2) is 57.3 Å². The fourth-order valence-corrected chi connectivity index (χ4v) is 7.51. The molecule has 1 spiro atoms. The first-order valence-corrected chi connectivity index (χ1v) is 13.4. The number of nitrogens with zero attached hydrogens (tertiary/aromatic N) is 1. The molecule has 1 aromatic heterocycles. The maximum Gasteiger partial charge on any atom is 0.243 e. The number of piperidine rings is 1. The highest BCUT2D eigenvalue weighted by molar-refractivity contribution is 7.89. The minimum absolute atomic E-state index is 0.0787. The Bertz CT molecular complexity index is 854. The van der Waals surface area contributed by atoms with Crippen molar-refractivity contribution in [1.29, 1.82) is 0 Å². The summed E-state index contributed by atoms with van der Waals surface area (Å²) in [5, 5.41) is 0. The summed E-state index contributed by atoms with van der Waals surface area (Å²) in [5.41, 5.74) is 0.876. The van der Waals surface area contributed by atoms with Crippen molar-refractivity contribution in [2.75, 3.05) is 25.4 Å². The van der Waals surface area contributed by atoms with Crippen LogP contribution < -0.4 is 4.72 Å². The van der Waals surface area contributed by atoms with Gasteiger partial charge in [-0.05, 0) is 63.5 Å². The number of thiophene rings is 1. The zero-order chi connectivity index (χ0) is 21.5. The van der Waals surface area contributed by atoms with Crippen LogP contribution in [0.5, 0.6) is 0 Å². The Morgan fingerprint density at radius 3 is 2.83 bits per heavy atom. The number of hydrogen-bond donors (Lipinski definition) is 1. The van der Waals surface area contributed by atoms with Gasteiger partial charge in [0.25, 0.3) is 0 Å². The van der Waals surface area contributed by atoms with Gasteiger partial charge in [-0.3, -0.25) is 0 Å². The van der Waals surface area contributed by atoms with Gasteiger partial charge in [0.15, 0.2) is 0 Å². The van der Waals surface area contributed by atoms with Crippen molar-refractivity contribution in [3.05, 3.63) is 21.4 Å². The molecule has 3 aliphatic rings. The first kappa shape index (κ1) is 22.6. The third-order valence-electron chi connectivity index (χ3n) is 6.89. The van der Waals surface area contributed by atoms with Crippen molar-refractivity contribution in [1.82, 2.24) is 9.62 Å². The van der Waals surface area contributed by atoms with Crippen LogP contribution in [0.4, 0.5) is 8.78 Å². The van der Waals surface area contributed by atoms with Crippen LogP contribution >= 0.6 is 11.3 Å². The zero-order valence-corrected chi connectivity index (χ0v) is 19.3. The van der Waals surface area contributed by atoms with Gasteiger partial charge in [-0.1, -0.05) is 0 Å². The molecule has 2 fully saturated rings. The topological polar surface area (TPSA) is 58.6 Å². The Morgan fingerprint density at radius 1 is 1.40 bits per heavy atom. The highest BCUT2D eigenvalue weighted by atomic mass is 32.2. The van der Waals surface area contributed by atoms with Gasteiger partial charge in [-0.15, -0.1) is 11.3 Å². The second-order valence-corrected chi connectivity index (χ2v) is 12.3. The average Bonchev–Trinajstić information content (AvgIpc) is 3.05. The third kappa shape index (κ3) is 4.75. The summed E-state index contributed by atoms with van der Waals surface area (Å²) in [7, 11) is -3.13. The van der Waals surface area contributed by atoms with E-state index in [2.05, 4.69) is 16.5 Å². The van der Waals surface area contributed by atoms with Crippen molar-refractivity contribution in [3.8, 4) is 0 Å². The molecule has 9 heteroatoms. The molecule has 0 radical (unpaired) electrons. The number of sulfonamides is 1. The van der Waals surface area contributed by atoms with Crippen molar-refractivity contribution in [2.45, 2.75) is 76.5 Å². The molecular formula is C21H32F2N2O3S2. The molecule has 1 aliphatic carbocycles. The van der Waals surface area contributed by atoms with Gasteiger partial charge in [0.05, 0.1) is 12.4 Å². The fourth-order valence-electron chi connectivity index (χ4n) is 5.24. The summed E-state index contributed by atoms with van der Waals surface area (Å²) in [6.07, 6.45) is 1.90. The molecule has 0 bridgehead atoms. The van der Waals surface area contributed by atoms with E-state index in [0.29, 0.717) is 18.6 Å². The molecule has 4 rings (SSSR count). The Balaban J connectivity index is 1.35. The zero-order valence-electron chi connectivity index (χ0n) is 17.7. The van der Waals surface area contributed by atoms with Gasteiger partial charge >= 0.3 is 0 Å². The number of rotatable bonds is 7. The lowest BCUT2D eigenvalue weighted by atomic mass is 9.78. The Labute approximate surface area is 182 Å². The second-order valence-electron chi connectivity index (χ2n) is 9.11. The van der Waals surface area contributed by atoms with Gasteiger partial charge < -0.3 is 9.64 Å². The number of alkyl halides is 2. The molecule has 2 aliphatic heterocycles. The summed E-state index contributed by atoms with van der Waals surface area (Å²) in [6, 6.07) is 2.39. The Kier molecular flexibility index (Phi) is 6.57. The highest BCUT2D eigenvalue weighted by Gasteiger charge is 2.45. The van der Waals surface area contributed by atoms with Gasteiger partial charge in [-0.2, -0.15) is 0 Å². The van der Waals surface area contributed by atoms with Crippen LogP contribution in [0.2, 0.25) is 0 Å². The SMILES string of the molecule is CCS(=O)(=O)NC1CC(CN2CC[C@]3(C[C@@H]2C)OCCc2cc(CC(F)F)sc23)C1. The molecule has 30 heavy (non-hydrogen) atoms. The van der Waals surface area contributed by atoms with Crippen LogP contribution in [0.15, 0.2) is 6.07 Å². The Hall–Kier alpha value is -0.610. The predicted octanol–water partition coefficient (Wildman–Crippen LogP) is 3.53. The summed E-state index contributed by atoms with van der Waals surface area (Å²) in [6.45, 7) is 6.45. The second kappa shape index (κ2) is 8.73. The summed E-state index contributed by atoms with van der Waals surface area (Å²) < 4.78 is 58.2. The number of fused-ring (bicyclic) bond motifs is 2. The minimum atomic E-state index is -3.13. The number of ether oxygens (including phenoxy) is 1. The maximum absolute atomic E-state index is 12.9. The number of halogens is 2. The summed E-state index contributed by atoms with van der Waals surface area (Å²) >= 11 is 1.52. The van der Waals surface area contributed by atoms with E-state index in [-0.39, 0.29) is 23.8 Å². The minimum Gasteiger partial charge on any atom is -0.369 e. The van der Waals surface area contributed by atoms with Gasteiger partial charge in [0.2, 0.25) is 16.4 Å². The van der Waals surface area contributed by atoms with E-state index >= 15 is 0 Å². The van der Waals surface area contributed by atoms with Crippen LogP contribution in [0.1, 0.15) is 54.8 Å². The molecule has 1 aromatic rings. The van der Waals surface area contributed by atoms with Crippen molar-refractivity contribution in [2.24, 2.45) is 5.92 Å². The van der Waals surface area contributed by atoms with Crippen LogP contribution in [0.25, 0.3) is 0 Å². The lowest BCUT2D eigenvalue weighted by Crippen LogP contribution is -2.54. The number of likely N-dealkylation sites (tertiary alicyclic amines) is 1. The standard InChI is InChI=1S/C21H32F2N2O3S2/c1-3-30(26,27)24-17-8-15(9-17)13-25-6-5-21(12-14(25)2)20-16(4-7-28-21)10-18(29-20)11-19(22)23/h10,14-15,17,19,24H,3-9,11-13H2,1-2H3/t14-,15?,17?,21+/m0/s1. The number of nitrogens with one attached hydrogen (secondary N) is 1. The average molecular weight is 463 g/mol. The molecule has 0 amide bonds. The van der Waals surface area contributed by atoms with Crippen molar-refractivity contribution in [3.63, 3.8) is 0 Å². The lowest BCUT2D eigenvalue weighted by molar-refractivity contribution is -0.112. The summed E-state index contributed by atoms with van der Waals surface area (Å²) in [5.74, 6) is 0.650. The normalized spacial score (nSPS) is 32.4. The van der Waals surface area contributed by atoms with E-state index in [0.717, 1.165) is 50.1 Å². The van der Waals surface area contributed by atoms with E-state index in [4.69, 9.17) is 4.74 Å². The van der Waals surface area contributed by atoms with Crippen molar-refractivity contribution < 1.29 is 21.9 Å². The van der Waals surface area contributed by atoms with Gasteiger partial charge in [0, 0.05) is 41.3 Å². The van der Waals surface area contributed by atoms with Gasteiger partial charge in [-0.25, -0.2) is 21.9 Å². The molecule has 1 saturated heterocycles. The summed E-state index contributed by atoms with van der Waals surface area (Å²) in [4.78, 5) is 4.43. The fraction of sp³-hybridized carbons (Fsp3) is 0.810. The van der Waals surface area contributed by atoms with Crippen LogP contribution in [0, 0.1) is 5.92 Å². The highest BCUT2D eigenvalue weighted by Crippen LogP contribution is 2.47. The Morgan fingerprint density at radius 2 is 2.17 bits per heavy atom. The van der Waals surface area contributed by atoms with E-state index in [9.17, 15) is 17.2 Å². The maximum atomic E-state index is 12.9. The van der Waals surface area contributed by atoms with E-state index in [1.54, 1.807) is 6.92 Å².